The number of cyclic esters (lactones) is 1. The molecular formula is C41H48N2O18. The number of nitrogens with zero attached hydrogens (tertiary/aromatic N) is 2. The quantitative estimate of drug-likeness (QED) is 0.283. The Hall–Kier alpha value is -5.73. The van der Waals surface area contributed by atoms with Gasteiger partial charge in [-0.15, -0.1) is 0 Å². The van der Waals surface area contributed by atoms with Crippen LogP contribution < -0.4 is 5.56 Å². The number of pyridine rings is 2. The molecule has 1 spiro atoms. The third-order valence-electron chi connectivity index (χ3n) is 12.4. The van der Waals surface area contributed by atoms with Crippen molar-refractivity contribution in [2.45, 2.75) is 115 Å². The molecule has 2 saturated carbocycles. The van der Waals surface area contributed by atoms with Gasteiger partial charge in [-0.2, -0.15) is 0 Å². The second kappa shape index (κ2) is 15.9. The lowest BCUT2D eigenvalue weighted by Crippen LogP contribution is -2.89. The number of esters is 7. The molecule has 1 saturated heterocycles. The fourth-order valence-electron chi connectivity index (χ4n) is 9.64. The highest BCUT2D eigenvalue weighted by Gasteiger charge is 2.91. The number of fused-ring (bicyclic) bond motifs is 5. The molecule has 2 N–H and O–H groups in total. The Labute approximate surface area is 348 Å². The second-order valence-corrected chi connectivity index (χ2v) is 16.4. The summed E-state index contributed by atoms with van der Waals surface area (Å²) in [4.78, 5) is 112. The molecule has 2 aromatic rings. The number of aliphatic hydroxyl groups excluding tert-OH is 1. The summed E-state index contributed by atoms with van der Waals surface area (Å²) < 4.78 is 49.5. The van der Waals surface area contributed by atoms with Crippen molar-refractivity contribution in [1.82, 2.24) is 9.55 Å². The Balaban J connectivity index is 1.75. The van der Waals surface area contributed by atoms with E-state index in [2.05, 4.69) is 4.98 Å². The van der Waals surface area contributed by atoms with Crippen LogP contribution >= 0.6 is 0 Å². The highest BCUT2D eigenvalue weighted by atomic mass is 16.7. The first-order valence-corrected chi connectivity index (χ1v) is 19.4. The van der Waals surface area contributed by atoms with Crippen molar-refractivity contribution < 1.29 is 81.7 Å². The highest BCUT2D eigenvalue weighted by Crippen LogP contribution is 2.69. The number of ether oxygens (including phenoxy) is 8. The predicted molar refractivity (Wildman–Crippen MR) is 201 cm³/mol. The molecule has 4 heterocycles. The molecule has 0 amide bonds. The van der Waals surface area contributed by atoms with Gasteiger partial charge >= 0.3 is 41.8 Å². The van der Waals surface area contributed by atoms with E-state index >= 15 is 0 Å². The summed E-state index contributed by atoms with van der Waals surface area (Å²) >= 11 is 0. The van der Waals surface area contributed by atoms with Crippen LogP contribution in [0.2, 0.25) is 0 Å². The van der Waals surface area contributed by atoms with E-state index in [0.717, 1.165) is 57.5 Å². The van der Waals surface area contributed by atoms with Crippen molar-refractivity contribution in [1.29, 1.82) is 0 Å². The number of aliphatic hydroxyl groups is 2. The summed E-state index contributed by atoms with van der Waals surface area (Å²) in [5.74, 6) is -11.0. The molecular weight excluding hydrogens is 808 g/mol. The molecule has 6 rings (SSSR count). The van der Waals surface area contributed by atoms with E-state index in [1.165, 1.54) is 39.2 Å². The Morgan fingerprint density at radius 1 is 0.869 bits per heavy atom. The summed E-state index contributed by atoms with van der Waals surface area (Å²) in [6.07, 6.45) is -10.2. The fraction of sp³-hybridized carbons (Fsp3) is 0.585. The van der Waals surface area contributed by atoms with Gasteiger partial charge < -0.3 is 52.7 Å². The van der Waals surface area contributed by atoms with E-state index in [4.69, 9.17) is 37.9 Å². The standard InChI is InChI=1S/C41H48N2O18/c1-18-19(2)35(50)60-33-30(59-36(51)24-12-13-26(48)43(9)15-24)34(58-23(6)47)40(17-54-20(3)44)31(49)29(56-21(4)45)27-32(57-22(5)46)41(40,39(33,8)53)61-38(27,7)16-55-37(52)25-11-10-14-42-28(18)25/h10-15,18-19,27,29-34,49,53H,16-17H2,1-9H3. The molecule has 4 bridgehead atoms. The Morgan fingerprint density at radius 3 is 2.11 bits per heavy atom. The van der Waals surface area contributed by atoms with Crippen molar-refractivity contribution in [3.63, 3.8) is 0 Å². The first kappa shape index (κ1) is 44.8. The van der Waals surface area contributed by atoms with Gasteiger partial charge in [-0.3, -0.25) is 33.8 Å². The van der Waals surface area contributed by atoms with Gasteiger partial charge in [0.15, 0.2) is 23.9 Å². The zero-order valence-corrected chi connectivity index (χ0v) is 34.9. The molecule has 4 aliphatic rings. The molecule has 3 fully saturated rings. The van der Waals surface area contributed by atoms with E-state index < -0.39 is 137 Å². The van der Waals surface area contributed by atoms with E-state index in [1.54, 1.807) is 6.92 Å². The van der Waals surface area contributed by atoms with Crippen LogP contribution in [0.1, 0.15) is 87.7 Å². The smallest absolute Gasteiger partial charge is 0.340 e. The maximum atomic E-state index is 14.5. The lowest BCUT2D eigenvalue weighted by molar-refractivity contribution is -0.386. The molecule has 2 aliphatic heterocycles. The van der Waals surface area contributed by atoms with Crippen LogP contribution in [0.3, 0.4) is 0 Å². The van der Waals surface area contributed by atoms with Gasteiger partial charge in [-0.1, -0.05) is 13.8 Å². The molecule has 61 heavy (non-hydrogen) atoms. The Bertz CT molecular complexity index is 2220. The van der Waals surface area contributed by atoms with Gasteiger partial charge in [0.25, 0.3) is 0 Å². The minimum atomic E-state index is -2.89. The summed E-state index contributed by atoms with van der Waals surface area (Å²) in [6.45, 7) is 7.50. The van der Waals surface area contributed by atoms with Gasteiger partial charge in [-0.25, -0.2) is 9.59 Å². The normalized spacial score (nSPS) is 36.5. The second-order valence-electron chi connectivity index (χ2n) is 16.4. The molecule has 0 radical (unpaired) electrons. The topological polar surface area (TPSA) is 269 Å². The van der Waals surface area contributed by atoms with Crippen LogP contribution in [0.4, 0.5) is 0 Å². The number of hydrogen-bond donors (Lipinski definition) is 2. The van der Waals surface area contributed by atoms with Gasteiger partial charge in [-0.05, 0) is 32.0 Å². The molecule has 2 aliphatic carbocycles. The van der Waals surface area contributed by atoms with Crippen molar-refractivity contribution in [2.75, 3.05) is 13.2 Å². The van der Waals surface area contributed by atoms with E-state index in [0.29, 0.717) is 0 Å². The van der Waals surface area contributed by atoms with Gasteiger partial charge in [0.05, 0.1) is 28.7 Å². The summed E-state index contributed by atoms with van der Waals surface area (Å²) in [5, 5.41) is 26.4. The van der Waals surface area contributed by atoms with E-state index in [9.17, 15) is 48.6 Å². The summed E-state index contributed by atoms with van der Waals surface area (Å²) in [5.41, 5.74) is -11.1. The minimum absolute atomic E-state index is 0.0575. The zero-order valence-electron chi connectivity index (χ0n) is 34.9. The number of aromatic nitrogens is 2. The van der Waals surface area contributed by atoms with Crippen LogP contribution in [0.5, 0.6) is 0 Å². The third-order valence-corrected chi connectivity index (χ3v) is 12.4. The first-order chi connectivity index (χ1) is 28.4. The number of aryl methyl sites for hydroxylation is 1. The maximum absolute atomic E-state index is 14.5. The van der Waals surface area contributed by atoms with Crippen LogP contribution in [0.15, 0.2) is 41.5 Å². The third kappa shape index (κ3) is 7.12. The number of rotatable bonds is 7. The number of hydrogen-bond acceptors (Lipinski definition) is 19. The van der Waals surface area contributed by atoms with Crippen molar-refractivity contribution in [3.8, 4) is 0 Å². The Kier molecular flexibility index (Phi) is 11.7. The van der Waals surface area contributed by atoms with Crippen LogP contribution in [-0.2, 0) is 68.9 Å². The monoisotopic (exact) mass is 856 g/mol. The number of carbonyl (C=O) groups is 7. The van der Waals surface area contributed by atoms with E-state index in [-0.39, 0.29) is 16.8 Å². The molecule has 13 unspecified atom stereocenters. The van der Waals surface area contributed by atoms with E-state index in [1.807, 2.05) is 0 Å². The van der Waals surface area contributed by atoms with Crippen molar-refractivity contribution in [2.24, 2.45) is 24.3 Å². The fourth-order valence-corrected chi connectivity index (χ4v) is 9.64. The number of carbonyl (C=O) groups excluding carboxylic acids is 7. The van der Waals surface area contributed by atoms with Crippen LogP contribution in [-0.4, -0.2) is 128 Å². The summed E-state index contributed by atoms with van der Waals surface area (Å²) in [6, 6.07) is 5.06. The van der Waals surface area contributed by atoms with Crippen molar-refractivity contribution in [3.05, 3.63) is 63.8 Å². The molecule has 0 aromatic carbocycles. The maximum Gasteiger partial charge on any atom is 0.340 e. The lowest BCUT2D eigenvalue weighted by atomic mass is 9.45. The highest BCUT2D eigenvalue weighted by molar-refractivity contribution is 5.91. The molecule has 20 nitrogen and oxygen atoms in total. The average Bonchev–Trinajstić information content (AvgIpc) is 3.40. The SMILES string of the molecule is CC(=O)OCC12C(O)C(OC(C)=O)C3C(OC(C)=O)C14OC3(C)COC(=O)c1cccnc1C(C)C(C)C(=O)OC(C(OC(=O)c1ccc(=O)n(C)c1)C2OC(C)=O)C4(C)O. The molecule has 20 heteroatoms. The molecule has 330 valence electrons. The first-order valence-electron chi connectivity index (χ1n) is 19.4. The van der Waals surface area contributed by atoms with Gasteiger partial charge in [0.2, 0.25) is 5.56 Å². The molecule has 13 atom stereocenters. The largest absolute Gasteiger partial charge is 0.465 e. The van der Waals surface area contributed by atoms with Gasteiger partial charge in [0, 0.05) is 59.1 Å². The van der Waals surface area contributed by atoms with Crippen LogP contribution in [0.25, 0.3) is 0 Å². The van der Waals surface area contributed by atoms with Crippen LogP contribution in [0, 0.1) is 17.3 Å². The Morgan fingerprint density at radius 2 is 1.51 bits per heavy atom. The lowest BCUT2D eigenvalue weighted by Gasteiger charge is -2.67. The minimum Gasteiger partial charge on any atom is -0.465 e. The average molecular weight is 857 g/mol. The zero-order chi connectivity index (χ0) is 45.1. The molecule has 2 aromatic heterocycles. The summed E-state index contributed by atoms with van der Waals surface area (Å²) in [7, 11) is 1.35. The van der Waals surface area contributed by atoms with Crippen molar-refractivity contribution >= 4 is 41.8 Å². The van der Waals surface area contributed by atoms with Gasteiger partial charge in [0.1, 0.15) is 48.1 Å². The predicted octanol–water partition coefficient (Wildman–Crippen LogP) is 0.455.